The zero-order valence-electron chi connectivity index (χ0n) is 18.9. The van der Waals surface area contributed by atoms with Gasteiger partial charge >= 0.3 is 12.1 Å². The van der Waals surface area contributed by atoms with Crippen LogP contribution in [0.25, 0.3) is 0 Å². The van der Waals surface area contributed by atoms with Crippen LogP contribution in [0, 0.1) is 0 Å². The Morgan fingerprint density at radius 2 is 2.00 bits per heavy atom. The quantitative estimate of drug-likeness (QED) is 0.570. The summed E-state index contributed by atoms with van der Waals surface area (Å²) in [6.45, 7) is 4.99. The maximum Gasteiger partial charge on any atom is 0.417 e. The molecule has 1 aromatic heterocycles. The molecule has 2 aromatic rings. The highest BCUT2D eigenvalue weighted by Gasteiger charge is 2.39. The van der Waals surface area contributed by atoms with Crippen LogP contribution in [0.15, 0.2) is 24.3 Å². The molecular weight excluding hydrogens is 473 g/mol. The molecule has 3 atom stereocenters. The van der Waals surface area contributed by atoms with Crippen molar-refractivity contribution in [1.29, 1.82) is 0 Å². The standard InChI is InChI=1S/C24H26ClF3N2O4/c1-3-15(14-6-7-17(18(25)11-14)24(26,27)28)21-20-16(23(32)33)12-19(30(20)9-10-34-21)22(31)29-8-4-5-13(29)2/h6-7,11-13,15,21H,3-5,8-10H2,1-2H3,(H,32,33)/t13-,15+,21?/m0/s1. The second-order valence-electron chi connectivity index (χ2n) is 8.82. The van der Waals surface area contributed by atoms with Gasteiger partial charge in [0.15, 0.2) is 0 Å². The fraction of sp³-hybridized carbons (Fsp3) is 0.500. The molecule has 1 saturated heterocycles. The number of alkyl halides is 3. The van der Waals surface area contributed by atoms with E-state index in [-0.39, 0.29) is 24.1 Å². The van der Waals surface area contributed by atoms with E-state index < -0.39 is 34.8 Å². The first-order valence-electron chi connectivity index (χ1n) is 11.3. The van der Waals surface area contributed by atoms with Gasteiger partial charge in [0, 0.05) is 25.0 Å². The molecule has 6 nitrogen and oxygen atoms in total. The summed E-state index contributed by atoms with van der Waals surface area (Å²) in [6, 6.07) is 5.03. The number of likely N-dealkylation sites (tertiary alicyclic amines) is 1. The number of hydrogen-bond acceptors (Lipinski definition) is 3. The Bertz CT molecular complexity index is 1110. The number of hydrogen-bond donors (Lipinski definition) is 1. The van der Waals surface area contributed by atoms with Gasteiger partial charge in [-0.15, -0.1) is 0 Å². The third-order valence-electron chi connectivity index (χ3n) is 6.82. The fourth-order valence-electron chi connectivity index (χ4n) is 5.12. The Balaban J connectivity index is 1.77. The van der Waals surface area contributed by atoms with E-state index in [1.165, 1.54) is 18.2 Å². The summed E-state index contributed by atoms with van der Waals surface area (Å²) in [7, 11) is 0. The number of carbonyl (C=O) groups excluding carboxylic acids is 1. The molecule has 4 rings (SSSR count). The molecule has 1 N–H and O–H groups in total. The van der Waals surface area contributed by atoms with Crippen molar-refractivity contribution in [2.45, 2.75) is 63.9 Å². The van der Waals surface area contributed by atoms with Crippen LogP contribution in [0.5, 0.6) is 0 Å². The van der Waals surface area contributed by atoms with Gasteiger partial charge in [0.2, 0.25) is 0 Å². The zero-order valence-corrected chi connectivity index (χ0v) is 19.6. The molecule has 2 aliphatic rings. The maximum atomic E-state index is 13.3. The summed E-state index contributed by atoms with van der Waals surface area (Å²) in [5, 5.41) is 9.50. The number of nitrogens with zero attached hydrogens (tertiary/aromatic N) is 2. The number of carboxylic acid groups (broad SMARTS) is 1. The minimum Gasteiger partial charge on any atom is -0.478 e. The lowest BCUT2D eigenvalue weighted by Gasteiger charge is -2.33. The number of ether oxygens (including phenoxy) is 1. The molecule has 0 spiro atoms. The lowest BCUT2D eigenvalue weighted by Crippen LogP contribution is -2.36. The van der Waals surface area contributed by atoms with Gasteiger partial charge in [0.25, 0.3) is 5.91 Å². The number of aromatic nitrogens is 1. The summed E-state index contributed by atoms with van der Waals surface area (Å²) >= 11 is 5.96. The first-order chi connectivity index (χ1) is 16.0. The molecule has 0 saturated carbocycles. The average Bonchev–Trinajstić information content (AvgIpc) is 3.37. The Hall–Kier alpha value is -2.52. The highest BCUT2D eigenvalue weighted by molar-refractivity contribution is 6.31. The average molecular weight is 499 g/mol. The Kier molecular flexibility index (Phi) is 6.70. The van der Waals surface area contributed by atoms with Gasteiger partial charge in [0.05, 0.1) is 28.5 Å². The van der Waals surface area contributed by atoms with Gasteiger partial charge in [0.1, 0.15) is 11.8 Å². The number of halogens is 4. The SMILES string of the molecule is CC[C@H](c1ccc(C(F)(F)F)c(Cl)c1)C1OCCn2c(C(=O)N3CCC[C@@H]3C)cc(C(=O)O)c21. The molecular formula is C24H26ClF3N2O4. The molecule has 1 amide bonds. The van der Waals surface area contributed by atoms with Crippen LogP contribution in [-0.4, -0.2) is 45.6 Å². The van der Waals surface area contributed by atoms with Gasteiger partial charge in [-0.3, -0.25) is 4.79 Å². The van der Waals surface area contributed by atoms with E-state index in [2.05, 4.69) is 0 Å². The van der Waals surface area contributed by atoms with E-state index in [0.717, 1.165) is 18.9 Å². The van der Waals surface area contributed by atoms with Crippen LogP contribution in [0.3, 0.4) is 0 Å². The van der Waals surface area contributed by atoms with Crippen LogP contribution in [0.1, 0.15) is 82.8 Å². The number of carbonyl (C=O) groups is 2. The van der Waals surface area contributed by atoms with E-state index in [4.69, 9.17) is 16.3 Å². The van der Waals surface area contributed by atoms with Crippen LogP contribution < -0.4 is 0 Å². The molecule has 2 aliphatic heterocycles. The number of rotatable bonds is 5. The first kappa shape index (κ1) is 24.6. The molecule has 0 bridgehead atoms. The molecule has 1 unspecified atom stereocenters. The van der Waals surface area contributed by atoms with Crippen molar-refractivity contribution in [3.8, 4) is 0 Å². The van der Waals surface area contributed by atoms with Crippen molar-refractivity contribution >= 4 is 23.5 Å². The van der Waals surface area contributed by atoms with Gasteiger partial charge in [-0.1, -0.05) is 24.6 Å². The molecule has 1 fully saturated rings. The summed E-state index contributed by atoms with van der Waals surface area (Å²) in [5.74, 6) is -1.86. The lowest BCUT2D eigenvalue weighted by molar-refractivity contribution is -0.137. The van der Waals surface area contributed by atoms with Crippen molar-refractivity contribution in [3.05, 3.63) is 57.4 Å². The number of carboxylic acids is 1. The first-order valence-corrected chi connectivity index (χ1v) is 11.7. The van der Waals surface area contributed by atoms with Gasteiger partial charge in [-0.2, -0.15) is 13.2 Å². The highest BCUT2D eigenvalue weighted by atomic mass is 35.5. The van der Waals surface area contributed by atoms with Gasteiger partial charge in [-0.05, 0) is 49.9 Å². The zero-order chi connectivity index (χ0) is 24.8. The van der Waals surface area contributed by atoms with E-state index in [0.29, 0.717) is 36.5 Å². The minimum atomic E-state index is -4.58. The lowest BCUT2D eigenvalue weighted by atomic mass is 9.87. The topological polar surface area (TPSA) is 71.8 Å². The van der Waals surface area contributed by atoms with Gasteiger partial charge < -0.3 is 19.3 Å². The molecule has 1 aromatic carbocycles. The summed E-state index contributed by atoms with van der Waals surface area (Å²) in [4.78, 5) is 27.2. The number of aromatic carboxylic acids is 1. The largest absolute Gasteiger partial charge is 0.478 e. The van der Waals surface area contributed by atoms with E-state index >= 15 is 0 Å². The number of benzene rings is 1. The van der Waals surface area contributed by atoms with Crippen LogP contribution in [0.2, 0.25) is 5.02 Å². The van der Waals surface area contributed by atoms with Crippen molar-refractivity contribution in [1.82, 2.24) is 9.47 Å². The van der Waals surface area contributed by atoms with E-state index in [1.807, 2.05) is 13.8 Å². The molecule has 10 heteroatoms. The minimum absolute atomic E-state index is 0.0311. The predicted molar refractivity (Wildman–Crippen MR) is 119 cm³/mol. The Morgan fingerprint density at radius 3 is 2.56 bits per heavy atom. The highest BCUT2D eigenvalue weighted by Crippen LogP contribution is 2.44. The third kappa shape index (κ3) is 4.31. The smallest absolute Gasteiger partial charge is 0.417 e. The molecule has 0 aliphatic carbocycles. The van der Waals surface area contributed by atoms with Crippen LogP contribution in [-0.2, 0) is 17.5 Å². The number of amides is 1. The Labute approximate surface area is 200 Å². The second kappa shape index (κ2) is 9.26. The van der Waals surface area contributed by atoms with E-state index in [1.54, 1.807) is 9.47 Å². The van der Waals surface area contributed by atoms with Crippen molar-refractivity contribution < 1.29 is 32.6 Å². The summed E-state index contributed by atoms with van der Waals surface area (Å²) in [6.07, 6.45) is -3.08. The van der Waals surface area contributed by atoms with Crippen LogP contribution >= 0.6 is 11.6 Å². The van der Waals surface area contributed by atoms with Crippen LogP contribution in [0.4, 0.5) is 13.2 Å². The summed E-state index contributed by atoms with van der Waals surface area (Å²) in [5.41, 5.74) is 0.208. The Morgan fingerprint density at radius 1 is 1.26 bits per heavy atom. The van der Waals surface area contributed by atoms with E-state index in [9.17, 15) is 27.9 Å². The second-order valence-corrected chi connectivity index (χ2v) is 9.23. The number of fused-ring (bicyclic) bond motifs is 1. The summed E-state index contributed by atoms with van der Waals surface area (Å²) < 4.78 is 47.2. The van der Waals surface area contributed by atoms with Gasteiger partial charge in [-0.25, -0.2) is 4.79 Å². The van der Waals surface area contributed by atoms with Crippen molar-refractivity contribution in [3.63, 3.8) is 0 Å². The fourth-order valence-corrected chi connectivity index (χ4v) is 5.41. The predicted octanol–water partition coefficient (Wildman–Crippen LogP) is 5.75. The normalized spacial score (nSPS) is 21.4. The molecule has 184 valence electrons. The molecule has 34 heavy (non-hydrogen) atoms. The molecule has 3 heterocycles. The van der Waals surface area contributed by atoms with Crippen molar-refractivity contribution in [2.75, 3.05) is 13.2 Å². The van der Waals surface area contributed by atoms with Crippen molar-refractivity contribution in [2.24, 2.45) is 0 Å². The maximum absolute atomic E-state index is 13.3. The third-order valence-corrected chi connectivity index (χ3v) is 7.13. The monoisotopic (exact) mass is 498 g/mol. The molecule has 0 radical (unpaired) electrons.